The maximum absolute atomic E-state index is 11.8. The maximum atomic E-state index is 11.8. The predicted molar refractivity (Wildman–Crippen MR) is 76.9 cm³/mol. The van der Waals surface area contributed by atoms with E-state index < -0.39 is 5.91 Å². The van der Waals surface area contributed by atoms with Gasteiger partial charge in [-0.25, -0.2) is 0 Å². The molecule has 0 spiro atoms. The number of nitrogens with one attached hydrogen (secondary N) is 1. The van der Waals surface area contributed by atoms with Crippen molar-refractivity contribution >= 4 is 40.6 Å². The van der Waals surface area contributed by atoms with E-state index in [0.717, 1.165) is 4.90 Å². The molecule has 6 nitrogen and oxygen atoms in total. The third-order valence-electron chi connectivity index (χ3n) is 2.91. The van der Waals surface area contributed by atoms with Gasteiger partial charge in [0, 0.05) is 24.1 Å². The van der Waals surface area contributed by atoms with Crippen LogP contribution in [0.5, 0.6) is 0 Å². The minimum Gasteiger partial charge on any atom is -0.389 e. The van der Waals surface area contributed by atoms with E-state index >= 15 is 0 Å². The lowest BCUT2D eigenvalue weighted by Gasteiger charge is -2.13. The monoisotopic (exact) mass is 291 g/mol. The van der Waals surface area contributed by atoms with E-state index in [9.17, 15) is 14.4 Å². The van der Waals surface area contributed by atoms with Crippen LogP contribution >= 0.6 is 12.2 Å². The third kappa shape index (κ3) is 3.18. The molecular weight excluding hydrogens is 278 g/mol. The van der Waals surface area contributed by atoms with Gasteiger partial charge in [0.05, 0.1) is 0 Å². The zero-order valence-corrected chi connectivity index (χ0v) is 11.4. The van der Waals surface area contributed by atoms with Gasteiger partial charge >= 0.3 is 0 Å². The first-order valence-corrected chi connectivity index (χ1v) is 6.41. The largest absolute Gasteiger partial charge is 0.389 e. The van der Waals surface area contributed by atoms with Crippen molar-refractivity contribution in [1.82, 2.24) is 4.90 Å². The van der Waals surface area contributed by atoms with Crippen molar-refractivity contribution < 1.29 is 14.4 Å². The molecule has 0 aromatic heterocycles. The second kappa shape index (κ2) is 5.79. The van der Waals surface area contributed by atoms with Gasteiger partial charge in [0.2, 0.25) is 17.7 Å². The van der Waals surface area contributed by atoms with Crippen LogP contribution in [0.1, 0.15) is 18.4 Å². The summed E-state index contributed by atoms with van der Waals surface area (Å²) in [5, 5.41) is 2.61. The number of hydrogen-bond acceptors (Lipinski definition) is 4. The van der Waals surface area contributed by atoms with Crippen LogP contribution in [0.2, 0.25) is 0 Å². The van der Waals surface area contributed by atoms with Crippen molar-refractivity contribution in [3.8, 4) is 0 Å². The molecule has 2 rings (SSSR count). The Kier molecular flexibility index (Phi) is 4.09. The number of benzene rings is 1. The van der Waals surface area contributed by atoms with Crippen molar-refractivity contribution in [2.45, 2.75) is 12.8 Å². The lowest BCUT2D eigenvalue weighted by molar-refractivity contribution is -0.141. The standard InChI is InChI=1S/C13H13N3O3S/c14-13(20)8-1-3-9(4-2-8)15-10(17)7-16-11(18)5-6-12(16)19/h1-4H,5-7H2,(H2,14,20)(H,15,17). The first-order chi connectivity index (χ1) is 9.47. The summed E-state index contributed by atoms with van der Waals surface area (Å²) in [6.45, 7) is -0.255. The number of thiocarbonyl (C=S) groups is 1. The molecule has 20 heavy (non-hydrogen) atoms. The van der Waals surface area contributed by atoms with Crippen molar-refractivity contribution in [3.05, 3.63) is 29.8 Å². The lowest BCUT2D eigenvalue weighted by atomic mass is 10.2. The highest BCUT2D eigenvalue weighted by atomic mass is 32.1. The van der Waals surface area contributed by atoms with Gasteiger partial charge in [0.15, 0.2) is 0 Å². The molecule has 1 heterocycles. The van der Waals surface area contributed by atoms with Gasteiger partial charge in [0.1, 0.15) is 11.5 Å². The van der Waals surface area contributed by atoms with Gasteiger partial charge in [-0.05, 0) is 24.3 Å². The molecule has 0 bridgehead atoms. The summed E-state index contributed by atoms with van der Waals surface area (Å²) in [4.78, 5) is 35.8. The number of likely N-dealkylation sites (tertiary alicyclic amines) is 1. The number of imide groups is 1. The molecule has 104 valence electrons. The Hall–Kier alpha value is -2.28. The number of carbonyl (C=O) groups is 3. The zero-order chi connectivity index (χ0) is 14.7. The SMILES string of the molecule is NC(=S)c1ccc(NC(=O)CN2C(=O)CCC2=O)cc1. The van der Waals surface area contributed by atoms with Crippen molar-refractivity contribution in [2.24, 2.45) is 5.73 Å². The van der Waals surface area contributed by atoms with Crippen LogP contribution in [0.15, 0.2) is 24.3 Å². The summed E-state index contributed by atoms with van der Waals surface area (Å²) in [5.74, 6) is -1.04. The molecule has 1 aliphatic rings. The van der Waals surface area contributed by atoms with Gasteiger partial charge in [-0.15, -0.1) is 0 Å². The fourth-order valence-corrected chi connectivity index (χ4v) is 2.00. The second-order valence-corrected chi connectivity index (χ2v) is 4.80. The van der Waals surface area contributed by atoms with Crippen molar-refractivity contribution in [1.29, 1.82) is 0 Å². The fourth-order valence-electron chi connectivity index (χ4n) is 1.86. The Morgan fingerprint density at radius 2 is 1.75 bits per heavy atom. The molecule has 3 N–H and O–H groups in total. The molecule has 0 unspecified atom stereocenters. The quantitative estimate of drug-likeness (QED) is 0.619. The van der Waals surface area contributed by atoms with Gasteiger partial charge < -0.3 is 11.1 Å². The highest BCUT2D eigenvalue weighted by Gasteiger charge is 2.30. The molecule has 1 aromatic carbocycles. The Labute approximate surface area is 120 Å². The molecule has 1 aliphatic heterocycles. The van der Waals surface area contributed by atoms with E-state index in [-0.39, 0.29) is 36.2 Å². The summed E-state index contributed by atoms with van der Waals surface area (Å²) in [7, 11) is 0. The highest BCUT2D eigenvalue weighted by molar-refractivity contribution is 7.80. The van der Waals surface area contributed by atoms with Crippen LogP contribution in [0, 0.1) is 0 Å². The van der Waals surface area contributed by atoms with E-state index in [4.69, 9.17) is 18.0 Å². The van der Waals surface area contributed by atoms with Gasteiger partial charge in [-0.2, -0.15) is 0 Å². The molecular formula is C13H13N3O3S. The smallest absolute Gasteiger partial charge is 0.244 e. The van der Waals surface area contributed by atoms with Crippen molar-refractivity contribution in [3.63, 3.8) is 0 Å². The molecule has 1 fully saturated rings. The number of amides is 3. The number of carbonyl (C=O) groups excluding carboxylic acids is 3. The van der Waals surface area contributed by atoms with Crippen molar-refractivity contribution in [2.75, 3.05) is 11.9 Å². The first-order valence-electron chi connectivity index (χ1n) is 6.00. The van der Waals surface area contributed by atoms with E-state index in [2.05, 4.69) is 5.32 Å². The molecule has 0 atom stereocenters. The maximum Gasteiger partial charge on any atom is 0.244 e. The summed E-state index contributed by atoms with van der Waals surface area (Å²) >= 11 is 4.82. The number of rotatable bonds is 4. The van der Waals surface area contributed by atoms with Crippen LogP contribution in [0.4, 0.5) is 5.69 Å². The van der Waals surface area contributed by atoms with E-state index in [1.807, 2.05) is 0 Å². The Bertz CT molecular complexity index is 567. The fraction of sp³-hybridized carbons (Fsp3) is 0.231. The summed E-state index contributed by atoms with van der Waals surface area (Å²) in [6.07, 6.45) is 0.351. The predicted octanol–water partition coefficient (Wildman–Crippen LogP) is 0.408. The Morgan fingerprint density at radius 3 is 2.25 bits per heavy atom. The first kappa shape index (κ1) is 14.1. The molecule has 0 aliphatic carbocycles. The Morgan fingerprint density at radius 1 is 1.20 bits per heavy atom. The summed E-state index contributed by atoms with van der Waals surface area (Å²) < 4.78 is 0. The number of nitrogens with two attached hydrogens (primary N) is 1. The van der Waals surface area contributed by atoms with E-state index in [1.54, 1.807) is 24.3 Å². The third-order valence-corrected chi connectivity index (χ3v) is 3.15. The summed E-state index contributed by atoms with van der Waals surface area (Å²) in [6, 6.07) is 6.67. The van der Waals surface area contributed by atoms with Crippen LogP contribution in [-0.2, 0) is 14.4 Å². The minimum atomic E-state index is -0.420. The van der Waals surface area contributed by atoms with Crippen LogP contribution in [-0.4, -0.2) is 34.2 Å². The zero-order valence-electron chi connectivity index (χ0n) is 10.6. The number of nitrogens with zero attached hydrogens (tertiary/aromatic N) is 1. The molecule has 1 aromatic rings. The topological polar surface area (TPSA) is 92.5 Å². The van der Waals surface area contributed by atoms with Gasteiger partial charge in [0.25, 0.3) is 0 Å². The number of hydrogen-bond donors (Lipinski definition) is 2. The number of anilines is 1. The molecule has 3 amide bonds. The van der Waals surface area contributed by atoms with Gasteiger partial charge in [-0.3, -0.25) is 19.3 Å². The van der Waals surface area contributed by atoms with Crippen LogP contribution in [0.3, 0.4) is 0 Å². The lowest BCUT2D eigenvalue weighted by Crippen LogP contribution is -2.36. The average molecular weight is 291 g/mol. The second-order valence-electron chi connectivity index (χ2n) is 4.36. The summed E-state index contributed by atoms with van der Waals surface area (Å²) in [5.41, 5.74) is 6.71. The minimum absolute atomic E-state index is 0.175. The van der Waals surface area contributed by atoms with Crippen LogP contribution in [0.25, 0.3) is 0 Å². The van der Waals surface area contributed by atoms with E-state index in [1.165, 1.54) is 0 Å². The van der Waals surface area contributed by atoms with Crippen LogP contribution < -0.4 is 11.1 Å². The molecule has 0 radical (unpaired) electrons. The normalized spacial score (nSPS) is 14.5. The average Bonchev–Trinajstić information content (AvgIpc) is 2.71. The molecule has 7 heteroatoms. The highest BCUT2D eigenvalue weighted by Crippen LogP contribution is 2.13. The Balaban J connectivity index is 1.96. The molecule has 0 saturated carbocycles. The van der Waals surface area contributed by atoms with E-state index in [0.29, 0.717) is 11.3 Å². The molecule has 1 saturated heterocycles. The van der Waals surface area contributed by atoms with Gasteiger partial charge in [-0.1, -0.05) is 12.2 Å².